The second kappa shape index (κ2) is 7.40. The van der Waals surface area contributed by atoms with Crippen molar-refractivity contribution in [2.75, 3.05) is 7.11 Å². The summed E-state index contributed by atoms with van der Waals surface area (Å²) in [6, 6.07) is 15.9. The van der Waals surface area contributed by atoms with E-state index in [2.05, 4.69) is 22.3 Å². The number of para-hydroxylation sites is 2. The summed E-state index contributed by atoms with van der Waals surface area (Å²) in [7, 11) is 1.65. The van der Waals surface area contributed by atoms with Crippen LogP contribution < -0.4 is 9.47 Å². The fraction of sp³-hybridized carbons (Fsp3) is 0.462. The van der Waals surface area contributed by atoms with Crippen LogP contribution in [0.25, 0.3) is 11.5 Å². The van der Waals surface area contributed by atoms with Crippen LogP contribution in [0.15, 0.2) is 52.9 Å². The number of methoxy groups -OCH3 is 1. The summed E-state index contributed by atoms with van der Waals surface area (Å²) in [4.78, 5) is 0. The van der Waals surface area contributed by atoms with Crippen LogP contribution in [0.3, 0.4) is 0 Å². The number of nitrogens with zero attached hydrogens (tertiary/aromatic N) is 2. The number of rotatable bonds is 6. The molecular weight excluding hydrogens is 388 g/mol. The van der Waals surface area contributed by atoms with Crippen molar-refractivity contribution in [1.29, 1.82) is 0 Å². The zero-order chi connectivity index (χ0) is 20.8. The largest absolute Gasteiger partial charge is 0.493 e. The van der Waals surface area contributed by atoms with Crippen LogP contribution in [-0.4, -0.2) is 17.3 Å². The third-order valence-corrected chi connectivity index (χ3v) is 7.55. The predicted molar refractivity (Wildman–Crippen MR) is 117 cm³/mol. The Morgan fingerprint density at radius 3 is 2.32 bits per heavy atom. The summed E-state index contributed by atoms with van der Waals surface area (Å²) in [5.41, 5.74) is 2.13. The van der Waals surface area contributed by atoms with Gasteiger partial charge in [0, 0.05) is 11.0 Å². The summed E-state index contributed by atoms with van der Waals surface area (Å²) in [6.07, 6.45) is 7.92. The van der Waals surface area contributed by atoms with Crippen molar-refractivity contribution in [2.24, 2.45) is 17.8 Å². The number of ether oxygens (including phenoxy) is 2. The minimum Gasteiger partial charge on any atom is -0.493 e. The Morgan fingerprint density at radius 1 is 0.903 bits per heavy atom. The SMILES string of the molecule is COc1ccccc1OCc1cccc(-c2nnc(C34CC5CC(CC(C5)C3)C4)o2)c1. The lowest BCUT2D eigenvalue weighted by Gasteiger charge is -2.55. The molecule has 5 nitrogen and oxygen atoms in total. The van der Waals surface area contributed by atoms with Gasteiger partial charge in [0.05, 0.1) is 7.11 Å². The highest BCUT2D eigenvalue weighted by molar-refractivity contribution is 5.54. The molecule has 4 fully saturated rings. The summed E-state index contributed by atoms with van der Waals surface area (Å²) in [6.45, 7) is 0.449. The minimum absolute atomic E-state index is 0.130. The van der Waals surface area contributed by atoms with E-state index in [1.165, 1.54) is 38.5 Å². The lowest BCUT2D eigenvalue weighted by molar-refractivity contribution is -0.0176. The molecule has 0 spiro atoms. The van der Waals surface area contributed by atoms with E-state index < -0.39 is 0 Å². The monoisotopic (exact) mass is 416 g/mol. The predicted octanol–water partition coefficient (Wildman–Crippen LogP) is 5.79. The fourth-order valence-electron chi connectivity index (χ4n) is 6.62. The van der Waals surface area contributed by atoms with Gasteiger partial charge in [-0.25, -0.2) is 0 Å². The Labute approximate surface area is 182 Å². The molecule has 0 aliphatic heterocycles. The lowest BCUT2D eigenvalue weighted by Crippen LogP contribution is -2.48. The van der Waals surface area contributed by atoms with E-state index in [1.54, 1.807) is 7.11 Å². The van der Waals surface area contributed by atoms with Crippen molar-refractivity contribution >= 4 is 0 Å². The zero-order valence-corrected chi connectivity index (χ0v) is 17.9. The Kier molecular flexibility index (Phi) is 4.51. The zero-order valence-electron chi connectivity index (χ0n) is 17.9. The Hall–Kier alpha value is -2.82. The normalized spacial score (nSPS) is 28.6. The van der Waals surface area contributed by atoms with Crippen molar-refractivity contribution in [2.45, 2.75) is 50.5 Å². The maximum absolute atomic E-state index is 6.33. The molecule has 0 unspecified atom stereocenters. The summed E-state index contributed by atoms with van der Waals surface area (Å²) in [5.74, 6) is 5.53. The molecule has 4 aliphatic carbocycles. The van der Waals surface area contributed by atoms with Crippen LogP contribution in [0.1, 0.15) is 50.0 Å². The van der Waals surface area contributed by atoms with E-state index in [0.717, 1.165) is 46.3 Å². The van der Waals surface area contributed by atoms with Gasteiger partial charge in [0.2, 0.25) is 11.8 Å². The van der Waals surface area contributed by atoms with Gasteiger partial charge < -0.3 is 13.9 Å². The van der Waals surface area contributed by atoms with Crippen molar-refractivity contribution < 1.29 is 13.9 Å². The molecular formula is C26H28N2O3. The smallest absolute Gasteiger partial charge is 0.247 e. The molecule has 3 aromatic rings. The Balaban J connectivity index is 1.21. The highest BCUT2D eigenvalue weighted by Crippen LogP contribution is 2.60. The molecule has 1 heterocycles. The first-order chi connectivity index (χ1) is 15.2. The van der Waals surface area contributed by atoms with E-state index in [0.29, 0.717) is 12.5 Å². The van der Waals surface area contributed by atoms with Gasteiger partial charge in [0.15, 0.2) is 11.5 Å². The topological polar surface area (TPSA) is 57.4 Å². The molecule has 31 heavy (non-hydrogen) atoms. The average Bonchev–Trinajstić information content (AvgIpc) is 3.29. The van der Waals surface area contributed by atoms with Crippen molar-refractivity contribution in [3.8, 4) is 23.0 Å². The van der Waals surface area contributed by atoms with E-state index in [4.69, 9.17) is 13.9 Å². The summed E-state index contributed by atoms with van der Waals surface area (Å²) >= 11 is 0. The average molecular weight is 417 g/mol. The van der Waals surface area contributed by atoms with Crippen molar-refractivity contribution in [1.82, 2.24) is 10.2 Å². The minimum atomic E-state index is 0.130. The highest BCUT2D eigenvalue weighted by atomic mass is 16.5. The lowest BCUT2D eigenvalue weighted by atomic mass is 9.49. The van der Waals surface area contributed by atoms with Crippen LogP contribution in [0, 0.1) is 17.8 Å². The van der Waals surface area contributed by atoms with Gasteiger partial charge in [-0.1, -0.05) is 24.3 Å². The number of benzene rings is 2. The highest BCUT2D eigenvalue weighted by Gasteiger charge is 2.54. The van der Waals surface area contributed by atoms with Gasteiger partial charge in [-0.3, -0.25) is 0 Å². The first-order valence-corrected chi connectivity index (χ1v) is 11.4. The maximum Gasteiger partial charge on any atom is 0.247 e. The molecule has 0 atom stereocenters. The first-order valence-electron chi connectivity index (χ1n) is 11.4. The Bertz CT molecular complexity index is 1050. The van der Waals surface area contributed by atoms with Gasteiger partial charge in [0.25, 0.3) is 0 Å². The third-order valence-electron chi connectivity index (χ3n) is 7.55. The van der Waals surface area contributed by atoms with Gasteiger partial charge in [-0.15, -0.1) is 10.2 Å². The standard InChI is InChI=1S/C26H28N2O3/c1-29-22-7-2-3-8-23(22)30-16-17-5-4-6-21(12-17)24-27-28-25(31-24)26-13-18-9-19(14-26)11-20(10-18)15-26/h2-8,12,18-20H,9-11,13-16H2,1H3. The second-order valence-corrected chi connectivity index (χ2v) is 9.75. The molecule has 0 saturated heterocycles. The molecule has 2 aromatic carbocycles. The van der Waals surface area contributed by atoms with Crippen molar-refractivity contribution in [3.05, 3.63) is 60.0 Å². The molecule has 0 radical (unpaired) electrons. The third kappa shape index (κ3) is 3.40. The van der Waals surface area contributed by atoms with Gasteiger partial charge >= 0.3 is 0 Å². The maximum atomic E-state index is 6.33. The number of hydrogen-bond acceptors (Lipinski definition) is 5. The summed E-state index contributed by atoms with van der Waals surface area (Å²) in [5, 5.41) is 9.02. The van der Waals surface area contributed by atoms with E-state index in [-0.39, 0.29) is 5.41 Å². The molecule has 4 saturated carbocycles. The Morgan fingerprint density at radius 2 is 1.61 bits per heavy atom. The molecule has 0 amide bonds. The van der Waals surface area contributed by atoms with Gasteiger partial charge in [-0.2, -0.15) is 0 Å². The van der Waals surface area contributed by atoms with Gasteiger partial charge in [0.1, 0.15) is 6.61 Å². The van der Waals surface area contributed by atoms with Crippen molar-refractivity contribution in [3.63, 3.8) is 0 Å². The van der Waals surface area contributed by atoms with E-state index in [9.17, 15) is 0 Å². The molecule has 4 aliphatic rings. The van der Waals surface area contributed by atoms with Gasteiger partial charge in [-0.05, 0) is 86.1 Å². The molecule has 4 bridgehead atoms. The van der Waals surface area contributed by atoms with E-state index >= 15 is 0 Å². The number of hydrogen-bond donors (Lipinski definition) is 0. The molecule has 5 heteroatoms. The van der Waals surface area contributed by atoms with Crippen LogP contribution in [0.4, 0.5) is 0 Å². The summed E-state index contributed by atoms with van der Waals surface area (Å²) < 4.78 is 17.7. The van der Waals surface area contributed by atoms with E-state index in [1.807, 2.05) is 36.4 Å². The van der Waals surface area contributed by atoms with Crippen LogP contribution in [0.5, 0.6) is 11.5 Å². The molecule has 0 N–H and O–H groups in total. The quantitative estimate of drug-likeness (QED) is 0.509. The molecule has 160 valence electrons. The van der Waals surface area contributed by atoms with Crippen LogP contribution in [0.2, 0.25) is 0 Å². The molecule has 1 aromatic heterocycles. The van der Waals surface area contributed by atoms with Crippen LogP contribution >= 0.6 is 0 Å². The van der Waals surface area contributed by atoms with Crippen LogP contribution in [-0.2, 0) is 12.0 Å². The first kappa shape index (κ1) is 18.9. The molecule has 7 rings (SSSR count). The second-order valence-electron chi connectivity index (χ2n) is 9.75. The fourth-order valence-corrected chi connectivity index (χ4v) is 6.62. The number of aromatic nitrogens is 2.